The van der Waals surface area contributed by atoms with Crippen molar-refractivity contribution in [2.45, 2.75) is 0 Å². The van der Waals surface area contributed by atoms with Gasteiger partial charge in [-0.15, -0.1) is 6.58 Å². The molecule has 0 aliphatic carbocycles. The van der Waals surface area contributed by atoms with E-state index in [4.69, 9.17) is 0 Å². The van der Waals surface area contributed by atoms with Gasteiger partial charge < -0.3 is 16.0 Å². The first-order valence-corrected chi connectivity index (χ1v) is 2.08. The molecule has 0 radical (unpaired) electrons. The van der Waals surface area contributed by atoms with Gasteiger partial charge in [0, 0.05) is 13.2 Å². The summed E-state index contributed by atoms with van der Waals surface area (Å²) in [4.78, 5) is 0. The van der Waals surface area contributed by atoms with Gasteiger partial charge in [0.25, 0.3) is 0 Å². The van der Waals surface area contributed by atoms with Gasteiger partial charge >= 0.3 is 0 Å². The van der Waals surface area contributed by atoms with E-state index >= 15 is 0 Å². The van der Waals surface area contributed by atoms with E-state index in [9.17, 15) is 5.21 Å². The average molecular weight is 101 g/mol. The summed E-state index contributed by atoms with van der Waals surface area (Å²) in [7, 11) is 0. The lowest BCUT2D eigenvalue weighted by Gasteiger charge is -2.05. The Morgan fingerprint density at radius 2 is 2.43 bits per heavy atom. The smallest absolute Gasteiger partial charge is 0.0342 e. The van der Waals surface area contributed by atoms with Crippen LogP contribution in [0.5, 0.6) is 0 Å². The van der Waals surface area contributed by atoms with Crippen molar-refractivity contribution >= 4 is 0 Å². The standard InChI is InChI=1S/C4H9N2O/c1-2-3-5-4-6-7/h2,5-6H,1,3-4H2/q-1. The number of hydroxylamine groups is 1. The average Bonchev–Trinajstić information content (AvgIpc) is 1.69. The van der Waals surface area contributed by atoms with E-state index in [-0.39, 0.29) is 0 Å². The van der Waals surface area contributed by atoms with Gasteiger partial charge in [-0.2, -0.15) is 0 Å². The van der Waals surface area contributed by atoms with Gasteiger partial charge in [-0.1, -0.05) is 6.08 Å². The first-order valence-electron chi connectivity index (χ1n) is 2.08. The molecule has 0 aromatic heterocycles. The minimum atomic E-state index is 0.298. The Balaban J connectivity index is 2.56. The van der Waals surface area contributed by atoms with Crippen LogP contribution < -0.4 is 10.8 Å². The van der Waals surface area contributed by atoms with Crippen molar-refractivity contribution in [3.05, 3.63) is 17.9 Å². The highest BCUT2D eigenvalue weighted by Crippen LogP contribution is 1.54. The molecule has 3 heteroatoms. The van der Waals surface area contributed by atoms with E-state index < -0.39 is 0 Å². The zero-order chi connectivity index (χ0) is 5.54. The highest BCUT2D eigenvalue weighted by Gasteiger charge is 1.68. The van der Waals surface area contributed by atoms with Crippen molar-refractivity contribution in [3.8, 4) is 0 Å². The van der Waals surface area contributed by atoms with Crippen molar-refractivity contribution in [1.29, 1.82) is 0 Å². The van der Waals surface area contributed by atoms with Gasteiger partial charge in [-0.05, 0) is 0 Å². The molecule has 0 saturated carbocycles. The highest BCUT2D eigenvalue weighted by molar-refractivity contribution is 4.68. The fourth-order valence-corrected chi connectivity index (χ4v) is 0.225. The molecule has 0 aromatic carbocycles. The lowest BCUT2D eigenvalue weighted by atomic mass is 10.6. The molecule has 0 heterocycles. The molecule has 0 aliphatic heterocycles. The summed E-state index contributed by atoms with van der Waals surface area (Å²) < 4.78 is 0. The Labute approximate surface area is 43.0 Å². The largest absolute Gasteiger partial charge is 0.787 e. The second-order valence-electron chi connectivity index (χ2n) is 1.06. The van der Waals surface area contributed by atoms with Crippen LogP contribution in [0.1, 0.15) is 0 Å². The van der Waals surface area contributed by atoms with Gasteiger partial charge in [0.2, 0.25) is 0 Å². The zero-order valence-corrected chi connectivity index (χ0v) is 4.11. The molecule has 42 valence electrons. The first-order chi connectivity index (χ1) is 3.41. The Morgan fingerprint density at radius 1 is 1.71 bits per heavy atom. The molecular formula is C4H9N2O-. The monoisotopic (exact) mass is 101 g/mol. The number of hydrogen-bond acceptors (Lipinski definition) is 3. The fourth-order valence-electron chi connectivity index (χ4n) is 0.225. The van der Waals surface area contributed by atoms with E-state index in [1.54, 1.807) is 11.6 Å². The van der Waals surface area contributed by atoms with Crippen LogP contribution in [-0.4, -0.2) is 13.2 Å². The van der Waals surface area contributed by atoms with E-state index in [1.165, 1.54) is 0 Å². The van der Waals surface area contributed by atoms with Crippen LogP contribution in [0.2, 0.25) is 0 Å². The summed E-state index contributed by atoms with van der Waals surface area (Å²) in [6.07, 6.45) is 1.69. The number of nitrogens with one attached hydrogen (secondary N) is 2. The maximum atomic E-state index is 9.46. The van der Waals surface area contributed by atoms with Crippen molar-refractivity contribution in [1.82, 2.24) is 10.8 Å². The van der Waals surface area contributed by atoms with E-state index in [2.05, 4.69) is 11.9 Å². The quantitative estimate of drug-likeness (QED) is 0.223. The van der Waals surface area contributed by atoms with Gasteiger partial charge in [-0.3, -0.25) is 0 Å². The topological polar surface area (TPSA) is 47.1 Å². The van der Waals surface area contributed by atoms with Gasteiger partial charge in [0.05, 0.1) is 0 Å². The summed E-state index contributed by atoms with van der Waals surface area (Å²) in [6, 6.07) is 0. The van der Waals surface area contributed by atoms with Crippen LogP contribution >= 0.6 is 0 Å². The van der Waals surface area contributed by atoms with Crippen molar-refractivity contribution in [3.63, 3.8) is 0 Å². The van der Waals surface area contributed by atoms with Crippen LogP contribution in [0.3, 0.4) is 0 Å². The first kappa shape index (κ1) is 6.62. The third kappa shape index (κ3) is 5.62. The van der Waals surface area contributed by atoms with E-state index in [0.29, 0.717) is 13.2 Å². The highest BCUT2D eigenvalue weighted by atomic mass is 16.5. The summed E-state index contributed by atoms with van der Waals surface area (Å²) in [5, 5.41) is 12.2. The van der Waals surface area contributed by atoms with Crippen LogP contribution in [0.15, 0.2) is 12.7 Å². The zero-order valence-electron chi connectivity index (χ0n) is 4.11. The summed E-state index contributed by atoms with van der Waals surface area (Å²) in [5.74, 6) is 0. The van der Waals surface area contributed by atoms with Crippen LogP contribution in [-0.2, 0) is 0 Å². The van der Waals surface area contributed by atoms with Gasteiger partial charge in [0.1, 0.15) is 0 Å². The predicted octanol–water partition coefficient (Wildman–Crippen LogP) is -0.193. The second-order valence-corrected chi connectivity index (χ2v) is 1.06. The SMILES string of the molecule is C=CCNCN[O-]. The van der Waals surface area contributed by atoms with Crippen molar-refractivity contribution in [2.75, 3.05) is 13.2 Å². The van der Waals surface area contributed by atoms with Crippen molar-refractivity contribution < 1.29 is 0 Å². The minimum absolute atomic E-state index is 0.298. The Bertz CT molecular complexity index is 47.0. The summed E-state index contributed by atoms with van der Waals surface area (Å²) >= 11 is 0. The molecule has 7 heavy (non-hydrogen) atoms. The molecule has 0 aromatic rings. The van der Waals surface area contributed by atoms with Gasteiger partial charge in [0.15, 0.2) is 0 Å². The number of rotatable bonds is 4. The predicted molar refractivity (Wildman–Crippen MR) is 29.6 cm³/mol. The molecule has 0 amide bonds. The Morgan fingerprint density at radius 3 is 2.86 bits per heavy atom. The van der Waals surface area contributed by atoms with E-state index in [0.717, 1.165) is 0 Å². The molecule has 0 saturated heterocycles. The Hall–Kier alpha value is -0.380. The molecule has 0 unspecified atom stereocenters. The lowest BCUT2D eigenvalue weighted by Crippen LogP contribution is -2.24. The Kier molecular flexibility index (Phi) is 5.31. The molecule has 0 rings (SSSR count). The minimum Gasteiger partial charge on any atom is -0.787 e. The van der Waals surface area contributed by atoms with Gasteiger partial charge in [-0.25, -0.2) is 0 Å². The summed E-state index contributed by atoms with van der Waals surface area (Å²) in [5.41, 5.74) is 1.69. The maximum Gasteiger partial charge on any atom is 0.0342 e. The molecule has 0 fully saturated rings. The second kappa shape index (κ2) is 5.62. The molecule has 3 nitrogen and oxygen atoms in total. The molecule has 0 atom stereocenters. The molecular weight excluding hydrogens is 92.1 g/mol. The maximum absolute atomic E-state index is 9.46. The van der Waals surface area contributed by atoms with Crippen LogP contribution in [0, 0.1) is 5.21 Å². The fraction of sp³-hybridized carbons (Fsp3) is 0.500. The third-order valence-electron chi connectivity index (χ3n) is 0.486. The molecule has 0 spiro atoms. The normalized spacial score (nSPS) is 8.71. The molecule has 0 aliphatic rings. The molecule has 0 bridgehead atoms. The van der Waals surface area contributed by atoms with Crippen LogP contribution in [0.4, 0.5) is 0 Å². The lowest BCUT2D eigenvalue weighted by molar-refractivity contribution is 0.701. The van der Waals surface area contributed by atoms with Crippen molar-refractivity contribution in [2.24, 2.45) is 0 Å². The molecule has 2 N–H and O–H groups in total. The number of hydrogen-bond donors (Lipinski definition) is 2. The van der Waals surface area contributed by atoms with E-state index in [1.807, 2.05) is 0 Å². The van der Waals surface area contributed by atoms with Crippen LogP contribution in [0.25, 0.3) is 0 Å². The summed E-state index contributed by atoms with van der Waals surface area (Å²) in [6.45, 7) is 4.41. The third-order valence-corrected chi connectivity index (χ3v) is 0.486.